The zero-order valence-electron chi connectivity index (χ0n) is 9.70. The van der Waals surface area contributed by atoms with Gasteiger partial charge in [0.25, 0.3) is 0 Å². The number of carbonyl (C=O) groups is 1. The fourth-order valence-electron chi connectivity index (χ4n) is 1.97. The van der Waals surface area contributed by atoms with Crippen LogP contribution in [0.3, 0.4) is 0 Å². The second-order valence-corrected chi connectivity index (χ2v) is 4.66. The van der Waals surface area contributed by atoms with Crippen LogP contribution in [0.25, 0.3) is 0 Å². The first-order valence-electron chi connectivity index (χ1n) is 5.76. The Morgan fingerprint density at radius 3 is 2.88 bits per heavy atom. The highest BCUT2D eigenvalue weighted by atomic mass is 16.2. The van der Waals surface area contributed by atoms with Crippen LogP contribution in [0.15, 0.2) is 18.3 Å². The van der Waals surface area contributed by atoms with E-state index in [-0.39, 0.29) is 11.3 Å². The van der Waals surface area contributed by atoms with E-state index < -0.39 is 0 Å². The van der Waals surface area contributed by atoms with Crippen molar-refractivity contribution in [2.45, 2.75) is 19.3 Å². The molecular formula is C12H19N3O. The summed E-state index contributed by atoms with van der Waals surface area (Å²) >= 11 is 0. The molecule has 4 heteroatoms. The lowest BCUT2D eigenvalue weighted by atomic mass is 10.1. The van der Waals surface area contributed by atoms with Crippen LogP contribution in [-0.2, 0) is 11.2 Å². The molecule has 1 aromatic rings. The molecule has 4 nitrogen and oxygen atoms in total. The largest absolute Gasteiger partial charge is 0.365 e. The monoisotopic (exact) mass is 221 g/mol. The van der Waals surface area contributed by atoms with Gasteiger partial charge in [-0.05, 0) is 25.0 Å². The van der Waals surface area contributed by atoms with Crippen LogP contribution in [-0.4, -0.2) is 35.9 Å². The molecule has 0 unspecified atom stereocenters. The Kier molecular flexibility index (Phi) is 3.01. The van der Waals surface area contributed by atoms with Gasteiger partial charge >= 0.3 is 0 Å². The van der Waals surface area contributed by atoms with Crippen LogP contribution in [0.4, 0.5) is 0 Å². The van der Waals surface area contributed by atoms with Crippen molar-refractivity contribution in [1.29, 1.82) is 0 Å². The third kappa shape index (κ3) is 2.11. The minimum atomic E-state index is -0.218. The van der Waals surface area contributed by atoms with E-state index in [0.29, 0.717) is 6.54 Å². The van der Waals surface area contributed by atoms with Crippen molar-refractivity contribution < 1.29 is 4.79 Å². The number of amides is 1. The second-order valence-electron chi connectivity index (χ2n) is 4.66. The van der Waals surface area contributed by atoms with Crippen LogP contribution in [0.5, 0.6) is 0 Å². The number of rotatable bonds is 5. The average Bonchev–Trinajstić information content (AvgIpc) is 2.94. The molecule has 0 aliphatic heterocycles. The number of H-pyrrole nitrogens is 1. The number of aromatic nitrogens is 1. The van der Waals surface area contributed by atoms with Crippen LogP contribution >= 0.6 is 0 Å². The van der Waals surface area contributed by atoms with E-state index in [1.165, 1.54) is 0 Å². The molecular weight excluding hydrogens is 202 g/mol. The molecule has 88 valence electrons. The molecule has 1 fully saturated rings. The quantitative estimate of drug-likeness (QED) is 0.771. The van der Waals surface area contributed by atoms with Gasteiger partial charge in [-0.1, -0.05) is 0 Å². The van der Waals surface area contributed by atoms with Crippen molar-refractivity contribution in [3.8, 4) is 0 Å². The first-order valence-corrected chi connectivity index (χ1v) is 5.76. The van der Waals surface area contributed by atoms with E-state index in [9.17, 15) is 4.79 Å². The molecule has 1 aliphatic rings. The highest BCUT2D eigenvalue weighted by Gasteiger charge is 2.49. The van der Waals surface area contributed by atoms with Gasteiger partial charge < -0.3 is 15.6 Å². The lowest BCUT2D eigenvalue weighted by Gasteiger charge is -2.22. The third-order valence-electron chi connectivity index (χ3n) is 3.42. The summed E-state index contributed by atoms with van der Waals surface area (Å²) < 4.78 is 0. The predicted molar refractivity (Wildman–Crippen MR) is 62.9 cm³/mol. The van der Waals surface area contributed by atoms with E-state index >= 15 is 0 Å². The van der Waals surface area contributed by atoms with E-state index in [2.05, 4.69) is 4.98 Å². The smallest absolute Gasteiger partial charge is 0.229 e. The molecule has 2 rings (SSSR count). The number of nitrogens with two attached hydrogens (primary N) is 1. The molecule has 1 amide bonds. The highest BCUT2D eigenvalue weighted by molar-refractivity contribution is 5.85. The lowest BCUT2D eigenvalue weighted by Crippen LogP contribution is -2.39. The van der Waals surface area contributed by atoms with Crippen LogP contribution in [0, 0.1) is 5.41 Å². The fraction of sp³-hybridized carbons (Fsp3) is 0.583. The Bertz CT molecular complexity index is 354. The van der Waals surface area contributed by atoms with Gasteiger partial charge in [0.15, 0.2) is 0 Å². The molecule has 1 saturated carbocycles. The van der Waals surface area contributed by atoms with E-state index in [1.807, 2.05) is 25.4 Å². The first kappa shape index (κ1) is 11.2. The zero-order valence-corrected chi connectivity index (χ0v) is 9.70. The molecule has 0 bridgehead atoms. The van der Waals surface area contributed by atoms with Gasteiger partial charge in [0, 0.05) is 38.4 Å². The number of nitrogens with one attached hydrogen (secondary N) is 1. The van der Waals surface area contributed by atoms with Crippen LogP contribution < -0.4 is 5.73 Å². The first-order chi connectivity index (χ1) is 7.68. The van der Waals surface area contributed by atoms with Crippen molar-refractivity contribution in [3.63, 3.8) is 0 Å². The van der Waals surface area contributed by atoms with Crippen molar-refractivity contribution in [2.75, 3.05) is 20.1 Å². The molecule has 0 radical (unpaired) electrons. The molecule has 16 heavy (non-hydrogen) atoms. The van der Waals surface area contributed by atoms with Crippen LogP contribution in [0.2, 0.25) is 0 Å². The summed E-state index contributed by atoms with van der Waals surface area (Å²) in [5, 5.41) is 0. The number of nitrogens with zero attached hydrogens (tertiary/aromatic N) is 1. The highest BCUT2D eigenvalue weighted by Crippen LogP contribution is 2.45. The minimum absolute atomic E-state index is 0.210. The zero-order chi connectivity index (χ0) is 11.6. The standard InChI is InChI=1S/C12H19N3O/c1-15(8-4-10-3-2-7-14-10)11(16)12(9-13)5-6-12/h2-3,7,14H,4-6,8-9,13H2,1H3. The summed E-state index contributed by atoms with van der Waals surface area (Å²) in [5.41, 5.74) is 6.59. The average molecular weight is 221 g/mol. The molecule has 0 saturated heterocycles. The van der Waals surface area contributed by atoms with Crippen LogP contribution in [0.1, 0.15) is 18.5 Å². The second kappa shape index (κ2) is 4.29. The molecule has 3 N–H and O–H groups in total. The Morgan fingerprint density at radius 1 is 1.62 bits per heavy atom. The Hall–Kier alpha value is -1.29. The molecule has 0 spiro atoms. The minimum Gasteiger partial charge on any atom is -0.365 e. The SMILES string of the molecule is CN(CCc1ccc[nH]1)C(=O)C1(CN)CC1. The third-order valence-corrected chi connectivity index (χ3v) is 3.42. The normalized spacial score (nSPS) is 17.1. The summed E-state index contributed by atoms with van der Waals surface area (Å²) in [6.07, 6.45) is 4.68. The van der Waals surface area contributed by atoms with Gasteiger partial charge in [0.05, 0.1) is 5.41 Å². The summed E-state index contributed by atoms with van der Waals surface area (Å²) in [7, 11) is 1.86. The van der Waals surface area contributed by atoms with Gasteiger partial charge in [0.2, 0.25) is 5.91 Å². The molecule has 1 aromatic heterocycles. The summed E-state index contributed by atoms with van der Waals surface area (Å²) in [4.78, 5) is 17.0. The number of hydrogen-bond donors (Lipinski definition) is 2. The maximum Gasteiger partial charge on any atom is 0.229 e. The number of hydrogen-bond acceptors (Lipinski definition) is 2. The van der Waals surface area contributed by atoms with E-state index in [1.54, 1.807) is 4.90 Å². The molecule has 1 aliphatic carbocycles. The van der Waals surface area contributed by atoms with E-state index in [4.69, 9.17) is 5.73 Å². The number of carbonyl (C=O) groups excluding carboxylic acids is 1. The Balaban J connectivity index is 1.84. The maximum atomic E-state index is 12.1. The van der Waals surface area contributed by atoms with Gasteiger partial charge in [-0.2, -0.15) is 0 Å². The lowest BCUT2D eigenvalue weighted by molar-refractivity contribution is -0.135. The van der Waals surface area contributed by atoms with Crippen molar-refractivity contribution >= 4 is 5.91 Å². The van der Waals surface area contributed by atoms with Crippen molar-refractivity contribution in [3.05, 3.63) is 24.0 Å². The maximum absolute atomic E-state index is 12.1. The van der Waals surface area contributed by atoms with Crippen molar-refractivity contribution in [2.24, 2.45) is 11.1 Å². The Morgan fingerprint density at radius 2 is 2.38 bits per heavy atom. The van der Waals surface area contributed by atoms with Gasteiger partial charge in [-0.15, -0.1) is 0 Å². The topological polar surface area (TPSA) is 62.1 Å². The number of aromatic amines is 1. The Labute approximate surface area is 95.8 Å². The molecule has 0 atom stereocenters. The summed E-state index contributed by atoms with van der Waals surface area (Å²) in [5.74, 6) is 0.210. The van der Waals surface area contributed by atoms with Gasteiger partial charge in [-0.25, -0.2) is 0 Å². The van der Waals surface area contributed by atoms with Crippen molar-refractivity contribution in [1.82, 2.24) is 9.88 Å². The number of likely N-dealkylation sites (N-methyl/N-ethyl adjacent to an activating group) is 1. The molecule has 0 aromatic carbocycles. The summed E-state index contributed by atoms with van der Waals surface area (Å²) in [6.45, 7) is 1.24. The van der Waals surface area contributed by atoms with E-state index in [0.717, 1.165) is 31.5 Å². The molecule has 1 heterocycles. The summed E-state index contributed by atoms with van der Waals surface area (Å²) in [6, 6.07) is 4.01. The predicted octanol–water partition coefficient (Wildman–Crippen LogP) is 0.754. The van der Waals surface area contributed by atoms with Gasteiger partial charge in [-0.3, -0.25) is 4.79 Å². The van der Waals surface area contributed by atoms with Gasteiger partial charge in [0.1, 0.15) is 0 Å². The fourth-order valence-corrected chi connectivity index (χ4v) is 1.97.